The molecule has 2 fully saturated rings. The van der Waals surface area contributed by atoms with Gasteiger partial charge in [0.05, 0.1) is 17.5 Å². The average molecular weight is 347 g/mol. The lowest BCUT2D eigenvalue weighted by Crippen LogP contribution is -2.34. The van der Waals surface area contributed by atoms with Crippen molar-refractivity contribution in [3.8, 4) is 11.3 Å². The maximum absolute atomic E-state index is 5.07. The molecule has 1 aliphatic heterocycles. The molecule has 0 aromatic carbocycles. The number of hydrogen-bond acceptors (Lipinski definition) is 4. The summed E-state index contributed by atoms with van der Waals surface area (Å²) in [6.07, 6.45) is 10.9. The van der Waals surface area contributed by atoms with Crippen molar-refractivity contribution in [1.29, 1.82) is 0 Å². The molecule has 0 amide bonds. The minimum absolute atomic E-state index is 0.542. The van der Waals surface area contributed by atoms with Gasteiger partial charge < -0.3 is 9.47 Å². The Kier molecular flexibility index (Phi) is 3.97. The van der Waals surface area contributed by atoms with Crippen molar-refractivity contribution in [1.82, 2.24) is 24.4 Å². The first-order valence-corrected chi connectivity index (χ1v) is 9.72. The lowest BCUT2D eigenvalue weighted by atomic mass is 9.92. The molecule has 0 bridgehead atoms. The monoisotopic (exact) mass is 347 g/mol. The molecule has 0 unspecified atom stereocenters. The molecule has 26 heavy (non-hydrogen) atoms. The van der Waals surface area contributed by atoms with Crippen LogP contribution in [0.5, 0.6) is 0 Å². The van der Waals surface area contributed by atoms with E-state index in [2.05, 4.69) is 38.6 Å². The molecule has 1 aliphatic carbocycles. The summed E-state index contributed by atoms with van der Waals surface area (Å²) in [5.74, 6) is 1.52. The van der Waals surface area contributed by atoms with Gasteiger partial charge in [-0.3, -0.25) is 9.97 Å². The maximum Gasteiger partial charge on any atom is 0.115 e. The minimum atomic E-state index is 0.542. The number of aryl methyl sites for hydroxylation is 1. The van der Waals surface area contributed by atoms with E-state index in [1.807, 2.05) is 18.6 Å². The zero-order chi connectivity index (χ0) is 17.5. The van der Waals surface area contributed by atoms with Gasteiger partial charge in [-0.2, -0.15) is 0 Å². The number of hydrogen-bond donors (Lipinski definition) is 0. The second kappa shape index (κ2) is 6.47. The van der Waals surface area contributed by atoms with E-state index in [0.29, 0.717) is 5.92 Å². The number of piperidine rings is 1. The van der Waals surface area contributed by atoms with Crippen LogP contribution in [0.1, 0.15) is 37.3 Å². The highest BCUT2D eigenvalue weighted by molar-refractivity contribution is 5.89. The van der Waals surface area contributed by atoms with Gasteiger partial charge in [0.25, 0.3) is 0 Å². The molecule has 5 rings (SSSR count). The van der Waals surface area contributed by atoms with E-state index < -0.39 is 0 Å². The molecule has 0 spiro atoms. The molecule has 0 atom stereocenters. The summed E-state index contributed by atoms with van der Waals surface area (Å²) >= 11 is 0. The number of likely N-dealkylation sites (tertiary alicyclic amines) is 1. The summed E-state index contributed by atoms with van der Waals surface area (Å²) in [5.41, 5.74) is 5.35. The Morgan fingerprint density at radius 3 is 2.73 bits per heavy atom. The van der Waals surface area contributed by atoms with Gasteiger partial charge in [0.1, 0.15) is 5.52 Å². The average Bonchev–Trinajstić information content (AvgIpc) is 3.43. The lowest BCUT2D eigenvalue weighted by molar-refractivity contribution is 0.203. The maximum atomic E-state index is 5.07. The molecule has 4 heterocycles. The van der Waals surface area contributed by atoms with E-state index in [-0.39, 0.29) is 0 Å². The Morgan fingerprint density at radius 2 is 2.00 bits per heavy atom. The van der Waals surface area contributed by atoms with Crippen molar-refractivity contribution >= 4 is 11.0 Å². The van der Waals surface area contributed by atoms with E-state index in [9.17, 15) is 0 Å². The third kappa shape index (κ3) is 3.01. The Bertz CT molecular complexity index is 905. The van der Waals surface area contributed by atoms with Crippen molar-refractivity contribution in [2.75, 3.05) is 19.6 Å². The van der Waals surface area contributed by atoms with Crippen molar-refractivity contribution in [3.63, 3.8) is 0 Å². The molecule has 5 heteroatoms. The van der Waals surface area contributed by atoms with Crippen LogP contribution in [-0.2, 0) is 7.05 Å². The first-order valence-electron chi connectivity index (χ1n) is 9.72. The van der Waals surface area contributed by atoms with Crippen molar-refractivity contribution in [2.45, 2.75) is 31.6 Å². The molecule has 1 saturated carbocycles. The number of rotatable bonds is 4. The Balaban J connectivity index is 1.47. The number of fused-ring (bicyclic) bond motifs is 1. The Morgan fingerprint density at radius 1 is 1.15 bits per heavy atom. The molecular weight excluding hydrogens is 322 g/mol. The fraction of sp³-hybridized carbons (Fsp3) is 0.476. The quantitative estimate of drug-likeness (QED) is 0.723. The number of nitrogens with zero attached hydrogens (tertiary/aromatic N) is 5. The van der Waals surface area contributed by atoms with Crippen LogP contribution in [0.4, 0.5) is 0 Å². The van der Waals surface area contributed by atoms with Crippen LogP contribution in [0, 0.1) is 5.92 Å². The number of aromatic nitrogens is 4. The normalized spacial score (nSPS) is 19.3. The van der Waals surface area contributed by atoms with E-state index in [1.165, 1.54) is 51.0 Å². The summed E-state index contributed by atoms with van der Waals surface area (Å²) in [6.45, 7) is 3.71. The summed E-state index contributed by atoms with van der Waals surface area (Å²) in [7, 11) is 2.06. The highest BCUT2D eigenvalue weighted by atomic mass is 15.1. The summed E-state index contributed by atoms with van der Waals surface area (Å²) in [5, 5.41) is 0. The molecule has 134 valence electrons. The SMILES string of the molecule is Cn1cnc2c(-c3cccnc3)nc(C3CCN(CC4CC4)CC3)cc21. The van der Waals surface area contributed by atoms with Gasteiger partial charge in [0.2, 0.25) is 0 Å². The topological polar surface area (TPSA) is 46.8 Å². The molecule has 0 N–H and O–H groups in total. The predicted octanol–water partition coefficient (Wildman–Crippen LogP) is 3.62. The first kappa shape index (κ1) is 15.9. The van der Waals surface area contributed by atoms with E-state index >= 15 is 0 Å². The fourth-order valence-corrected chi connectivity index (χ4v) is 4.14. The van der Waals surface area contributed by atoms with E-state index in [0.717, 1.165) is 28.2 Å². The van der Waals surface area contributed by atoms with Crippen molar-refractivity contribution < 1.29 is 0 Å². The predicted molar refractivity (Wildman–Crippen MR) is 103 cm³/mol. The van der Waals surface area contributed by atoms with Gasteiger partial charge in [-0.25, -0.2) is 4.98 Å². The summed E-state index contributed by atoms with van der Waals surface area (Å²) in [6, 6.07) is 6.30. The van der Waals surface area contributed by atoms with Crippen LogP contribution in [0.2, 0.25) is 0 Å². The summed E-state index contributed by atoms with van der Waals surface area (Å²) in [4.78, 5) is 16.6. The van der Waals surface area contributed by atoms with Crippen LogP contribution >= 0.6 is 0 Å². The van der Waals surface area contributed by atoms with Gasteiger partial charge in [-0.15, -0.1) is 0 Å². The standard InChI is InChI=1S/C21H25N5/c1-25-14-23-21-19(25)11-18(24-20(21)17-3-2-8-22-12-17)16-6-9-26(10-7-16)13-15-4-5-15/h2-3,8,11-12,14-16H,4-7,9-10,13H2,1H3. The second-order valence-electron chi connectivity index (χ2n) is 7.88. The van der Waals surface area contributed by atoms with Gasteiger partial charge in [0, 0.05) is 43.2 Å². The highest BCUT2D eigenvalue weighted by Gasteiger charge is 2.28. The molecule has 3 aromatic heterocycles. The third-order valence-electron chi connectivity index (χ3n) is 5.89. The van der Waals surface area contributed by atoms with Crippen LogP contribution in [0.15, 0.2) is 36.9 Å². The minimum Gasteiger partial charge on any atom is -0.334 e. The van der Waals surface area contributed by atoms with Gasteiger partial charge in [-0.1, -0.05) is 0 Å². The largest absolute Gasteiger partial charge is 0.334 e. The van der Waals surface area contributed by atoms with Crippen molar-refractivity contribution in [2.24, 2.45) is 13.0 Å². The van der Waals surface area contributed by atoms with Gasteiger partial charge in [0.15, 0.2) is 0 Å². The smallest absolute Gasteiger partial charge is 0.115 e. The fourth-order valence-electron chi connectivity index (χ4n) is 4.14. The van der Waals surface area contributed by atoms with Gasteiger partial charge >= 0.3 is 0 Å². The van der Waals surface area contributed by atoms with E-state index in [4.69, 9.17) is 4.98 Å². The van der Waals surface area contributed by atoms with Crippen LogP contribution in [0.3, 0.4) is 0 Å². The molecular formula is C21H25N5. The van der Waals surface area contributed by atoms with Crippen LogP contribution in [-0.4, -0.2) is 44.1 Å². The highest BCUT2D eigenvalue weighted by Crippen LogP contribution is 2.35. The zero-order valence-corrected chi connectivity index (χ0v) is 15.3. The van der Waals surface area contributed by atoms with Crippen LogP contribution < -0.4 is 0 Å². The Labute approximate surface area is 154 Å². The van der Waals surface area contributed by atoms with Crippen LogP contribution in [0.25, 0.3) is 22.3 Å². The molecule has 2 aliphatic rings. The number of imidazole rings is 1. The van der Waals surface area contributed by atoms with Gasteiger partial charge in [-0.05, 0) is 62.9 Å². The molecule has 5 nitrogen and oxygen atoms in total. The van der Waals surface area contributed by atoms with E-state index in [1.54, 1.807) is 6.20 Å². The van der Waals surface area contributed by atoms with Crippen molar-refractivity contribution in [3.05, 3.63) is 42.6 Å². The summed E-state index contributed by atoms with van der Waals surface area (Å²) < 4.78 is 2.10. The first-order chi connectivity index (χ1) is 12.8. The molecule has 1 saturated heterocycles. The molecule has 0 radical (unpaired) electrons. The second-order valence-corrected chi connectivity index (χ2v) is 7.88. The number of pyridine rings is 2. The molecule has 3 aromatic rings. The third-order valence-corrected chi connectivity index (χ3v) is 5.89. The Hall–Kier alpha value is -2.27. The zero-order valence-electron chi connectivity index (χ0n) is 15.3. The lowest BCUT2D eigenvalue weighted by Gasteiger charge is -2.31.